The van der Waals surface area contributed by atoms with Crippen molar-refractivity contribution in [2.75, 3.05) is 6.54 Å². The van der Waals surface area contributed by atoms with E-state index in [0.717, 1.165) is 29.1 Å². The number of amides is 1. The molecular formula is C29H26ClN5O2. The molecule has 5 rings (SSSR count). The number of nitrogens with zero attached hydrogens (tertiary/aromatic N) is 3. The van der Waals surface area contributed by atoms with Gasteiger partial charge in [-0.05, 0) is 53.9 Å². The second-order valence-electron chi connectivity index (χ2n) is 9.00. The number of benzene rings is 3. The van der Waals surface area contributed by atoms with E-state index in [1.165, 1.54) is 0 Å². The lowest BCUT2D eigenvalue weighted by Crippen LogP contribution is -2.37. The van der Waals surface area contributed by atoms with Crippen LogP contribution in [0.1, 0.15) is 34.6 Å². The minimum atomic E-state index is -0.220. The van der Waals surface area contributed by atoms with Crippen LogP contribution in [-0.2, 0) is 24.3 Å². The van der Waals surface area contributed by atoms with Crippen molar-refractivity contribution in [3.8, 4) is 17.6 Å². The topological polar surface area (TPSA) is 94.0 Å². The molecule has 1 fully saturated rings. The van der Waals surface area contributed by atoms with E-state index in [-0.39, 0.29) is 11.9 Å². The highest BCUT2D eigenvalue weighted by Crippen LogP contribution is 2.27. The van der Waals surface area contributed by atoms with Crippen molar-refractivity contribution in [2.24, 2.45) is 0 Å². The van der Waals surface area contributed by atoms with Gasteiger partial charge in [0.25, 0.3) is 0 Å². The molecule has 1 aliphatic rings. The molecular weight excluding hydrogens is 486 g/mol. The SMILES string of the molecule is N#Cc1ccc(Cc2ncc(CNC3CCN(Cc4cccc(Cl)c4)C3=O)[nH]2)cc1Oc1ccccc1. The van der Waals surface area contributed by atoms with Crippen molar-refractivity contribution in [2.45, 2.75) is 32.0 Å². The largest absolute Gasteiger partial charge is 0.456 e. The van der Waals surface area contributed by atoms with Crippen LogP contribution in [0.4, 0.5) is 0 Å². The molecule has 0 radical (unpaired) electrons. The summed E-state index contributed by atoms with van der Waals surface area (Å²) in [4.78, 5) is 22.5. The number of aromatic amines is 1. The van der Waals surface area contributed by atoms with Gasteiger partial charge in [0.1, 0.15) is 23.4 Å². The van der Waals surface area contributed by atoms with Crippen LogP contribution in [0, 0.1) is 11.3 Å². The number of carbonyl (C=O) groups is 1. The molecule has 3 aromatic carbocycles. The quantitative estimate of drug-likeness (QED) is 0.322. The third kappa shape index (κ3) is 6.18. The molecule has 0 saturated carbocycles. The molecule has 1 unspecified atom stereocenters. The predicted molar refractivity (Wildman–Crippen MR) is 141 cm³/mol. The summed E-state index contributed by atoms with van der Waals surface area (Å²) >= 11 is 6.08. The first-order valence-electron chi connectivity index (χ1n) is 12.1. The maximum absolute atomic E-state index is 12.8. The Morgan fingerprint density at radius 3 is 2.78 bits per heavy atom. The Kier molecular flexibility index (Phi) is 7.50. The summed E-state index contributed by atoms with van der Waals surface area (Å²) in [6.07, 6.45) is 3.11. The fraction of sp³-hybridized carbons (Fsp3) is 0.207. The van der Waals surface area contributed by atoms with E-state index in [0.29, 0.717) is 48.1 Å². The fourth-order valence-corrected chi connectivity index (χ4v) is 4.63. The van der Waals surface area contributed by atoms with Crippen molar-refractivity contribution in [1.82, 2.24) is 20.2 Å². The zero-order chi connectivity index (χ0) is 25.6. The van der Waals surface area contributed by atoms with E-state index in [2.05, 4.69) is 21.4 Å². The summed E-state index contributed by atoms with van der Waals surface area (Å²) in [6.45, 7) is 1.79. The van der Waals surface area contributed by atoms with Gasteiger partial charge in [0.2, 0.25) is 5.91 Å². The van der Waals surface area contributed by atoms with Crippen LogP contribution in [0.25, 0.3) is 0 Å². The van der Waals surface area contributed by atoms with E-state index >= 15 is 0 Å². The van der Waals surface area contributed by atoms with E-state index in [4.69, 9.17) is 16.3 Å². The Morgan fingerprint density at radius 2 is 1.97 bits per heavy atom. The number of ether oxygens (including phenoxy) is 1. The number of likely N-dealkylation sites (tertiary alicyclic amines) is 1. The van der Waals surface area contributed by atoms with E-state index in [1.54, 1.807) is 12.3 Å². The number of imidazole rings is 1. The number of H-pyrrole nitrogens is 1. The summed E-state index contributed by atoms with van der Waals surface area (Å²) in [7, 11) is 0. The molecule has 0 spiro atoms. The first-order chi connectivity index (χ1) is 18.1. The van der Waals surface area contributed by atoms with Crippen LogP contribution in [0.3, 0.4) is 0 Å². The molecule has 1 aliphatic heterocycles. The van der Waals surface area contributed by atoms with Crippen LogP contribution >= 0.6 is 11.6 Å². The third-order valence-electron chi connectivity index (χ3n) is 6.29. The number of aromatic nitrogens is 2. The number of carbonyl (C=O) groups excluding carboxylic acids is 1. The lowest BCUT2D eigenvalue weighted by molar-refractivity contribution is -0.129. The monoisotopic (exact) mass is 511 g/mol. The van der Waals surface area contributed by atoms with Crippen LogP contribution in [0.2, 0.25) is 5.02 Å². The van der Waals surface area contributed by atoms with Crippen LogP contribution in [-0.4, -0.2) is 33.4 Å². The first kappa shape index (κ1) is 24.6. The van der Waals surface area contributed by atoms with E-state index < -0.39 is 0 Å². The van der Waals surface area contributed by atoms with Crippen LogP contribution in [0.5, 0.6) is 11.5 Å². The predicted octanol–water partition coefficient (Wildman–Crippen LogP) is 5.21. The van der Waals surface area contributed by atoms with Gasteiger partial charge in [0.15, 0.2) is 0 Å². The molecule has 8 heteroatoms. The van der Waals surface area contributed by atoms with E-state index in [9.17, 15) is 10.1 Å². The van der Waals surface area contributed by atoms with Gasteiger partial charge < -0.3 is 19.9 Å². The van der Waals surface area contributed by atoms with Crippen LogP contribution < -0.4 is 10.1 Å². The summed E-state index contributed by atoms with van der Waals surface area (Å²) in [5.41, 5.74) is 3.38. The highest BCUT2D eigenvalue weighted by atomic mass is 35.5. The van der Waals surface area contributed by atoms with Gasteiger partial charge in [0, 0.05) is 43.0 Å². The second kappa shape index (κ2) is 11.3. The third-order valence-corrected chi connectivity index (χ3v) is 6.52. The fourth-order valence-electron chi connectivity index (χ4n) is 4.42. The minimum Gasteiger partial charge on any atom is -0.456 e. The number of halogens is 1. The number of nitrogens with one attached hydrogen (secondary N) is 2. The molecule has 2 N–H and O–H groups in total. The van der Waals surface area contributed by atoms with Gasteiger partial charge in [-0.15, -0.1) is 0 Å². The molecule has 1 saturated heterocycles. The maximum Gasteiger partial charge on any atom is 0.240 e. The van der Waals surface area contributed by atoms with Gasteiger partial charge in [-0.25, -0.2) is 4.98 Å². The van der Waals surface area contributed by atoms with Gasteiger partial charge >= 0.3 is 0 Å². The van der Waals surface area contributed by atoms with Gasteiger partial charge in [-0.3, -0.25) is 4.79 Å². The van der Waals surface area contributed by atoms with Crippen LogP contribution in [0.15, 0.2) is 79.0 Å². The van der Waals surface area contributed by atoms with Crippen molar-refractivity contribution < 1.29 is 9.53 Å². The minimum absolute atomic E-state index is 0.100. The number of nitriles is 1. The molecule has 4 aromatic rings. The maximum atomic E-state index is 12.8. The smallest absolute Gasteiger partial charge is 0.240 e. The Hall–Kier alpha value is -4.12. The molecule has 0 bridgehead atoms. The van der Waals surface area contributed by atoms with Gasteiger partial charge in [-0.1, -0.05) is 48.0 Å². The Bertz CT molecular complexity index is 1430. The standard InChI is InChI=1S/C29H26ClN5O2/c30-23-6-4-5-21(13-23)19-35-12-11-26(29(35)36)32-17-24-18-33-28(34-24)15-20-9-10-22(16-31)27(14-20)37-25-7-2-1-3-8-25/h1-10,13-14,18,26,32H,11-12,15,17,19H2,(H,33,34). The molecule has 186 valence electrons. The average Bonchev–Trinajstić information content (AvgIpc) is 3.49. The zero-order valence-corrected chi connectivity index (χ0v) is 20.9. The molecule has 1 aromatic heterocycles. The molecule has 37 heavy (non-hydrogen) atoms. The number of para-hydroxylation sites is 1. The molecule has 7 nitrogen and oxygen atoms in total. The summed E-state index contributed by atoms with van der Waals surface area (Å²) in [5.74, 6) is 2.09. The lowest BCUT2D eigenvalue weighted by atomic mass is 10.1. The highest BCUT2D eigenvalue weighted by molar-refractivity contribution is 6.30. The molecule has 2 heterocycles. The van der Waals surface area contributed by atoms with E-state index in [1.807, 2.05) is 71.6 Å². The highest BCUT2D eigenvalue weighted by Gasteiger charge is 2.31. The summed E-state index contributed by atoms with van der Waals surface area (Å²) in [5, 5.41) is 13.5. The number of rotatable bonds is 9. The Morgan fingerprint density at radius 1 is 1.11 bits per heavy atom. The molecule has 0 aliphatic carbocycles. The first-order valence-corrected chi connectivity index (χ1v) is 12.5. The second-order valence-corrected chi connectivity index (χ2v) is 9.44. The lowest BCUT2D eigenvalue weighted by Gasteiger charge is -2.17. The number of hydrogen-bond acceptors (Lipinski definition) is 5. The average molecular weight is 512 g/mol. The summed E-state index contributed by atoms with van der Waals surface area (Å²) < 4.78 is 5.94. The number of hydrogen-bond donors (Lipinski definition) is 2. The Labute approximate surface area is 220 Å². The van der Waals surface area contributed by atoms with Crippen molar-refractivity contribution in [1.29, 1.82) is 5.26 Å². The molecule has 1 amide bonds. The van der Waals surface area contributed by atoms with Gasteiger partial charge in [0.05, 0.1) is 11.6 Å². The molecule has 1 atom stereocenters. The van der Waals surface area contributed by atoms with Crippen molar-refractivity contribution in [3.63, 3.8) is 0 Å². The summed E-state index contributed by atoms with van der Waals surface area (Å²) in [6, 6.07) is 24.5. The normalized spacial score (nSPS) is 15.1. The van der Waals surface area contributed by atoms with Gasteiger partial charge in [-0.2, -0.15) is 5.26 Å². The zero-order valence-electron chi connectivity index (χ0n) is 20.2. The Balaban J connectivity index is 1.17. The van der Waals surface area contributed by atoms with Crippen molar-refractivity contribution >= 4 is 17.5 Å². The van der Waals surface area contributed by atoms with Crippen molar-refractivity contribution in [3.05, 3.63) is 112 Å².